The van der Waals surface area contributed by atoms with E-state index in [0.717, 1.165) is 19.3 Å². The van der Waals surface area contributed by atoms with Crippen molar-refractivity contribution in [2.24, 2.45) is 0 Å². The first-order valence-corrected chi connectivity index (χ1v) is 11.0. The number of carbonyl (C=O) groups is 3. The van der Waals surface area contributed by atoms with Crippen LogP contribution in [0.25, 0.3) is 0 Å². The van der Waals surface area contributed by atoms with E-state index >= 15 is 0 Å². The molecule has 2 aromatic heterocycles. The maximum absolute atomic E-state index is 13.0. The lowest BCUT2D eigenvalue weighted by atomic mass is 10.1. The Bertz CT molecular complexity index is 1060. The summed E-state index contributed by atoms with van der Waals surface area (Å²) in [6.07, 6.45) is 12.2. The van der Waals surface area contributed by atoms with Crippen LogP contribution < -0.4 is 21.0 Å². The van der Waals surface area contributed by atoms with E-state index in [9.17, 15) is 14.4 Å². The molecule has 12 heteroatoms. The Morgan fingerprint density at radius 3 is 2.03 bits per heavy atom. The molecule has 0 radical (unpaired) electrons. The van der Waals surface area contributed by atoms with Crippen molar-refractivity contribution in [3.05, 3.63) is 67.0 Å². The quantitative estimate of drug-likeness (QED) is 0.186. The first kappa shape index (κ1) is 25.2. The Morgan fingerprint density at radius 2 is 1.46 bits per heavy atom. The van der Waals surface area contributed by atoms with Crippen LogP contribution >= 0.6 is 0 Å². The SMILES string of the molecule is O=C(CCCCCCNC(=O)c1ccc(NC(=O)N(c2cnccn2)c2cnccn2)cc1)NO. The highest BCUT2D eigenvalue weighted by Crippen LogP contribution is 2.21. The zero-order chi connectivity index (χ0) is 24.9. The van der Waals surface area contributed by atoms with Gasteiger partial charge in [-0.25, -0.2) is 25.1 Å². The molecule has 0 aliphatic carbocycles. The van der Waals surface area contributed by atoms with Gasteiger partial charge in [0.15, 0.2) is 11.6 Å². The topological polar surface area (TPSA) is 162 Å². The van der Waals surface area contributed by atoms with Crippen LogP contribution in [0.15, 0.2) is 61.4 Å². The molecule has 0 fully saturated rings. The summed E-state index contributed by atoms with van der Waals surface area (Å²) in [7, 11) is 0. The maximum Gasteiger partial charge on any atom is 0.333 e. The van der Waals surface area contributed by atoms with E-state index in [1.165, 1.54) is 42.1 Å². The molecule has 0 bridgehead atoms. The monoisotopic (exact) mass is 478 g/mol. The summed E-state index contributed by atoms with van der Waals surface area (Å²) in [6.45, 7) is 0.509. The lowest BCUT2D eigenvalue weighted by Gasteiger charge is -2.20. The third-order valence-corrected chi connectivity index (χ3v) is 4.90. The molecule has 1 aromatic carbocycles. The van der Waals surface area contributed by atoms with Crippen LogP contribution in [0.2, 0.25) is 0 Å². The van der Waals surface area contributed by atoms with Crippen LogP contribution in [0.4, 0.5) is 22.1 Å². The van der Waals surface area contributed by atoms with Crippen molar-refractivity contribution in [1.82, 2.24) is 30.7 Å². The minimum absolute atomic E-state index is 0.219. The minimum Gasteiger partial charge on any atom is -0.352 e. The molecule has 182 valence electrons. The van der Waals surface area contributed by atoms with Crippen molar-refractivity contribution in [2.45, 2.75) is 32.1 Å². The van der Waals surface area contributed by atoms with E-state index in [1.807, 2.05) is 0 Å². The number of urea groups is 1. The van der Waals surface area contributed by atoms with Gasteiger partial charge < -0.3 is 10.6 Å². The molecule has 0 saturated heterocycles. The lowest BCUT2D eigenvalue weighted by Crippen LogP contribution is -2.32. The Morgan fingerprint density at radius 1 is 0.829 bits per heavy atom. The molecule has 12 nitrogen and oxygen atoms in total. The van der Waals surface area contributed by atoms with Crippen molar-refractivity contribution >= 4 is 35.2 Å². The second-order valence-corrected chi connectivity index (χ2v) is 7.43. The molecule has 0 aliphatic rings. The van der Waals surface area contributed by atoms with Gasteiger partial charge in [0.1, 0.15) is 0 Å². The van der Waals surface area contributed by atoms with Gasteiger partial charge in [-0.3, -0.25) is 24.8 Å². The van der Waals surface area contributed by atoms with Gasteiger partial charge in [0.2, 0.25) is 5.91 Å². The average molecular weight is 479 g/mol. The number of carbonyl (C=O) groups excluding carboxylic acids is 3. The number of benzene rings is 1. The number of aromatic nitrogens is 4. The van der Waals surface area contributed by atoms with Gasteiger partial charge in [0, 0.05) is 49.0 Å². The van der Waals surface area contributed by atoms with Gasteiger partial charge in [-0.15, -0.1) is 0 Å². The van der Waals surface area contributed by atoms with E-state index in [0.29, 0.717) is 24.2 Å². The van der Waals surface area contributed by atoms with E-state index in [4.69, 9.17) is 5.21 Å². The summed E-state index contributed by atoms with van der Waals surface area (Å²) in [5, 5.41) is 14.1. The second kappa shape index (κ2) is 13.3. The predicted molar refractivity (Wildman–Crippen MR) is 127 cm³/mol. The third-order valence-electron chi connectivity index (χ3n) is 4.90. The van der Waals surface area contributed by atoms with E-state index in [1.54, 1.807) is 29.7 Å². The van der Waals surface area contributed by atoms with Crippen LogP contribution in [0.5, 0.6) is 0 Å². The molecule has 0 spiro atoms. The van der Waals surface area contributed by atoms with E-state index in [2.05, 4.69) is 30.6 Å². The van der Waals surface area contributed by atoms with Crippen LogP contribution in [-0.4, -0.2) is 49.5 Å². The molecule has 3 aromatic rings. The Hall–Kier alpha value is -4.45. The number of hydrogen-bond donors (Lipinski definition) is 4. The smallest absolute Gasteiger partial charge is 0.333 e. The van der Waals surface area contributed by atoms with Crippen molar-refractivity contribution < 1.29 is 19.6 Å². The molecule has 0 aliphatic heterocycles. The zero-order valence-electron chi connectivity index (χ0n) is 18.9. The van der Waals surface area contributed by atoms with E-state index in [-0.39, 0.29) is 24.0 Å². The van der Waals surface area contributed by atoms with Gasteiger partial charge in [-0.05, 0) is 37.1 Å². The summed E-state index contributed by atoms with van der Waals surface area (Å²) in [4.78, 5) is 53.9. The molecular formula is C23H26N8O4. The lowest BCUT2D eigenvalue weighted by molar-refractivity contribution is -0.129. The number of rotatable bonds is 11. The standard InChI is InChI=1S/C23H26N8O4/c32-21(30-35)5-3-1-2-4-10-28-22(33)17-6-8-18(9-7-17)29-23(34)31(19-15-24-11-13-26-19)20-16-25-12-14-27-20/h6-9,11-16,35H,1-5,10H2,(H,28,33)(H,29,34)(H,30,32). The molecule has 0 unspecified atom stereocenters. The second-order valence-electron chi connectivity index (χ2n) is 7.43. The summed E-state index contributed by atoms with van der Waals surface area (Å²) >= 11 is 0. The number of nitrogens with one attached hydrogen (secondary N) is 3. The highest BCUT2D eigenvalue weighted by Gasteiger charge is 2.21. The predicted octanol–water partition coefficient (Wildman–Crippen LogP) is 2.82. The average Bonchev–Trinajstić information content (AvgIpc) is 2.89. The summed E-state index contributed by atoms with van der Waals surface area (Å²) in [5.41, 5.74) is 2.55. The largest absolute Gasteiger partial charge is 0.352 e. The summed E-state index contributed by atoms with van der Waals surface area (Å²) in [6, 6.07) is 5.98. The molecule has 3 rings (SSSR count). The number of anilines is 3. The van der Waals surface area contributed by atoms with Gasteiger partial charge in [-0.1, -0.05) is 12.8 Å². The Kier molecular flexibility index (Phi) is 9.57. The fraction of sp³-hybridized carbons (Fsp3) is 0.261. The minimum atomic E-state index is -0.514. The molecular weight excluding hydrogens is 452 g/mol. The van der Waals surface area contributed by atoms with Crippen molar-refractivity contribution in [3.8, 4) is 0 Å². The zero-order valence-corrected chi connectivity index (χ0v) is 18.9. The number of unbranched alkanes of at least 4 members (excludes halogenated alkanes) is 3. The molecule has 4 amide bonds. The molecule has 0 saturated carbocycles. The van der Waals surface area contributed by atoms with Crippen molar-refractivity contribution in [2.75, 3.05) is 16.8 Å². The van der Waals surface area contributed by atoms with Gasteiger partial charge in [0.25, 0.3) is 5.91 Å². The highest BCUT2D eigenvalue weighted by atomic mass is 16.5. The Labute approximate surface area is 201 Å². The number of hydrogen-bond acceptors (Lipinski definition) is 8. The molecule has 2 heterocycles. The van der Waals surface area contributed by atoms with Crippen LogP contribution in [-0.2, 0) is 4.79 Å². The molecule has 35 heavy (non-hydrogen) atoms. The summed E-state index contributed by atoms with van der Waals surface area (Å²) < 4.78 is 0. The maximum atomic E-state index is 13.0. The number of hydroxylamine groups is 1. The van der Waals surface area contributed by atoms with Gasteiger partial charge in [-0.2, -0.15) is 0 Å². The highest BCUT2D eigenvalue weighted by molar-refractivity contribution is 6.05. The Balaban J connectivity index is 1.51. The first-order chi connectivity index (χ1) is 17.1. The van der Waals surface area contributed by atoms with Crippen LogP contribution in [0.3, 0.4) is 0 Å². The number of nitrogens with zero attached hydrogens (tertiary/aromatic N) is 5. The number of amides is 4. The fourth-order valence-corrected chi connectivity index (χ4v) is 3.15. The van der Waals surface area contributed by atoms with Gasteiger partial charge in [0.05, 0.1) is 12.4 Å². The normalized spacial score (nSPS) is 10.3. The van der Waals surface area contributed by atoms with Crippen molar-refractivity contribution in [3.63, 3.8) is 0 Å². The summed E-state index contributed by atoms with van der Waals surface area (Å²) in [5.74, 6) is -0.0623. The molecule has 4 N–H and O–H groups in total. The van der Waals surface area contributed by atoms with Gasteiger partial charge >= 0.3 is 6.03 Å². The fourth-order valence-electron chi connectivity index (χ4n) is 3.15. The van der Waals surface area contributed by atoms with Crippen LogP contribution in [0, 0.1) is 0 Å². The van der Waals surface area contributed by atoms with E-state index < -0.39 is 11.9 Å². The molecule has 0 atom stereocenters. The first-order valence-electron chi connectivity index (χ1n) is 11.0. The van der Waals surface area contributed by atoms with Crippen molar-refractivity contribution in [1.29, 1.82) is 0 Å². The third kappa shape index (κ3) is 7.82. The van der Waals surface area contributed by atoms with Crippen LogP contribution in [0.1, 0.15) is 42.5 Å².